The largest absolute Gasteiger partial charge is 0.476 e. The van der Waals surface area contributed by atoms with Crippen LogP contribution in [0.3, 0.4) is 0 Å². The van der Waals surface area contributed by atoms with Crippen molar-refractivity contribution in [1.82, 2.24) is 15.6 Å². The number of carboxylic acids is 1. The molecule has 1 aliphatic rings. The van der Waals surface area contributed by atoms with Gasteiger partial charge >= 0.3 is 5.97 Å². The summed E-state index contributed by atoms with van der Waals surface area (Å²) >= 11 is 1.24. The van der Waals surface area contributed by atoms with Crippen LogP contribution in [0, 0.1) is 0 Å². The molecule has 1 aliphatic carbocycles. The SMILES string of the molecule is CC(NC(=O)CCNC1CC1)c1nc(C(=O)O)cs1. The number of nitrogens with one attached hydrogen (secondary N) is 2. The van der Waals surface area contributed by atoms with Crippen LogP contribution in [0.15, 0.2) is 5.38 Å². The lowest BCUT2D eigenvalue weighted by atomic mass is 10.3. The van der Waals surface area contributed by atoms with E-state index in [0.717, 1.165) is 0 Å². The molecule has 7 heteroatoms. The van der Waals surface area contributed by atoms with Crippen LogP contribution in [0.1, 0.15) is 47.7 Å². The molecule has 2 rings (SSSR count). The van der Waals surface area contributed by atoms with E-state index in [1.54, 1.807) is 6.92 Å². The Morgan fingerprint density at radius 3 is 2.89 bits per heavy atom. The summed E-state index contributed by atoms with van der Waals surface area (Å²) in [5.74, 6) is -1.10. The van der Waals surface area contributed by atoms with E-state index in [0.29, 0.717) is 24.0 Å². The average molecular weight is 283 g/mol. The smallest absolute Gasteiger partial charge is 0.355 e. The Hall–Kier alpha value is -1.47. The Morgan fingerprint density at radius 2 is 2.32 bits per heavy atom. The van der Waals surface area contributed by atoms with Crippen LogP contribution >= 0.6 is 11.3 Å². The summed E-state index contributed by atoms with van der Waals surface area (Å²) in [7, 11) is 0. The number of nitrogens with zero attached hydrogens (tertiary/aromatic N) is 1. The van der Waals surface area contributed by atoms with Gasteiger partial charge in [-0.25, -0.2) is 9.78 Å². The highest BCUT2D eigenvalue weighted by molar-refractivity contribution is 7.09. The molecule has 104 valence electrons. The molecule has 0 saturated heterocycles. The topological polar surface area (TPSA) is 91.3 Å². The van der Waals surface area contributed by atoms with E-state index in [4.69, 9.17) is 5.11 Å². The van der Waals surface area contributed by atoms with E-state index in [1.165, 1.54) is 29.6 Å². The van der Waals surface area contributed by atoms with E-state index in [2.05, 4.69) is 15.6 Å². The molecule has 1 aromatic heterocycles. The van der Waals surface area contributed by atoms with E-state index in [1.807, 2.05) is 0 Å². The lowest BCUT2D eigenvalue weighted by Crippen LogP contribution is -2.30. The summed E-state index contributed by atoms with van der Waals surface area (Å²) in [5.41, 5.74) is 0.0245. The average Bonchev–Trinajstić information content (AvgIpc) is 3.03. The van der Waals surface area contributed by atoms with Crippen molar-refractivity contribution in [2.75, 3.05) is 6.54 Å². The number of aromatic nitrogens is 1. The quantitative estimate of drug-likeness (QED) is 0.698. The van der Waals surface area contributed by atoms with Gasteiger partial charge in [-0.05, 0) is 19.8 Å². The van der Waals surface area contributed by atoms with Crippen molar-refractivity contribution < 1.29 is 14.7 Å². The molecule has 0 spiro atoms. The number of thiazole rings is 1. The van der Waals surface area contributed by atoms with Gasteiger partial charge in [0.2, 0.25) is 5.91 Å². The van der Waals surface area contributed by atoms with Gasteiger partial charge in [-0.3, -0.25) is 4.79 Å². The van der Waals surface area contributed by atoms with Gasteiger partial charge < -0.3 is 15.7 Å². The van der Waals surface area contributed by atoms with Crippen molar-refractivity contribution in [3.8, 4) is 0 Å². The molecule has 1 fully saturated rings. The Labute approximate surface area is 115 Å². The molecule has 1 saturated carbocycles. The number of carbonyl (C=O) groups is 2. The number of rotatable bonds is 7. The van der Waals surface area contributed by atoms with Gasteiger partial charge in [0.25, 0.3) is 0 Å². The van der Waals surface area contributed by atoms with Gasteiger partial charge in [-0.15, -0.1) is 11.3 Å². The lowest BCUT2D eigenvalue weighted by molar-refractivity contribution is -0.121. The van der Waals surface area contributed by atoms with E-state index in [9.17, 15) is 9.59 Å². The minimum Gasteiger partial charge on any atom is -0.476 e. The number of hydrogen-bond acceptors (Lipinski definition) is 5. The highest BCUT2D eigenvalue weighted by Crippen LogP contribution is 2.19. The van der Waals surface area contributed by atoms with Crippen molar-refractivity contribution in [3.05, 3.63) is 16.1 Å². The third kappa shape index (κ3) is 4.29. The van der Waals surface area contributed by atoms with Gasteiger partial charge in [0.1, 0.15) is 5.01 Å². The highest BCUT2D eigenvalue weighted by atomic mass is 32.1. The maximum Gasteiger partial charge on any atom is 0.355 e. The first-order chi connectivity index (χ1) is 9.06. The van der Waals surface area contributed by atoms with Gasteiger partial charge in [0, 0.05) is 24.4 Å². The highest BCUT2D eigenvalue weighted by Gasteiger charge is 2.20. The zero-order chi connectivity index (χ0) is 13.8. The predicted octanol–water partition coefficient (Wildman–Crippen LogP) is 1.16. The van der Waals surface area contributed by atoms with Crippen molar-refractivity contribution in [2.24, 2.45) is 0 Å². The molecule has 0 aromatic carbocycles. The van der Waals surface area contributed by atoms with Crippen molar-refractivity contribution in [3.63, 3.8) is 0 Å². The molecular formula is C12H17N3O3S. The summed E-state index contributed by atoms with van der Waals surface area (Å²) in [6.45, 7) is 2.48. The summed E-state index contributed by atoms with van der Waals surface area (Å²) < 4.78 is 0. The van der Waals surface area contributed by atoms with Crippen LogP contribution in [0.2, 0.25) is 0 Å². The van der Waals surface area contributed by atoms with Gasteiger partial charge in [0.15, 0.2) is 5.69 Å². The first-order valence-electron chi connectivity index (χ1n) is 6.27. The van der Waals surface area contributed by atoms with Gasteiger partial charge in [-0.2, -0.15) is 0 Å². The fraction of sp³-hybridized carbons (Fsp3) is 0.583. The third-order valence-electron chi connectivity index (χ3n) is 2.85. The fourth-order valence-electron chi connectivity index (χ4n) is 1.64. The van der Waals surface area contributed by atoms with Gasteiger partial charge in [0.05, 0.1) is 6.04 Å². The summed E-state index contributed by atoms with van der Waals surface area (Å²) in [5, 5.41) is 17.0. The monoisotopic (exact) mass is 283 g/mol. The number of aromatic carboxylic acids is 1. The van der Waals surface area contributed by atoms with Crippen LogP contribution in [-0.4, -0.2) is 34.6 Å². The standard InChI is InChI=1S/C12H17N3O3S/c1-7(11-15-9(6-19-11)12(17)18)14-10(16)4-5-13-8-2-3-8/h6-8,13H,2-5H2,1H3,(H,14,16)(H,17,18). The molecule has 0 aliphatic heterocycles. The van der Waals surface area contributed by atoms with Crippen LogP contribution < -0.4 is 10.6 Å². The lowest BCUT2D eigenvalue weighted by Gasteiger charge is -2.11. The Balaban J connectivity index is 1.76. The molecule has 0 bridgehead atoms. The molecule has 1 heterocycles. The van der Waals surface area contributed by atoms with Crippen molar-refractivity contribution in [1.29, 1.82) is 0 Å². The molecule has 1 unspecified atom stereocenters. The molecule has 1 aromatic rings. The van der Waals surface area contributed by atoms with Crippen molar-refractivity contribution in [2.45, 2.75) is 38.3 Å². The summed E-state index contributed by atoms with van der Waals surface area (Å²) in [6.07, 6.45) is 2.84. The second-order valence-corrected chi connectivity index (χ2v) is 5.53. The fourth-order valence-corrected chi connectivity index (χ4v) is 2.44. The minimum absolute atomic E-state index is 0.0245. The number of amides is 1. The predicted molar refractivity (Wildman–Crippen MR) is 71.3 cm³/mol. The molecule has 3 N–H and O–H groups in total. The normalized spacial score (nSPS) is 16.1. The number of carboxylic acid groups (broad SMARTS) is 1. The molecule has 6 nitrogen and oxygen atoms in total. The zero-order valence-electron chi connectivity index (χ0n) is 10.7. The van der Waals surface area contributed by atoms with Crippen LogP contribution in [-0.2, 0) is 4.79 Å². The first kappa shape index (κ1) is 14.0. The van der Waals surface area contributed by atoms with Gasteiger partial charge in [-0.1, -0.05) is 0 Å². The zero-order valence-corrected chi connectivity index (χ0v) is 11.5. The van der Waals surface area contributed by atoms with Crippen LogP contribution in [0.25, 0.3) is 0 Å². The first-order valence-corrected chi connectivity index (χ1v) is 7.15. The second-order valence-electron chi connectivity index (χ2n) is 4.64. The maximum atomic E-state index is 11.7. The Kier molecular flexibility index (Phi) is 4.49. The summed E-state index contributed by atoms with van der Waals surface area (Å²) in [6, 6.07) is 0.342. The van der Waals surface area contributed by atoms with E-state index >= 15 is 0 Å². The summed E-state index contributed by atoms with van der Waals surface area (Å²) in [4.78, 5) is 26.4. The van der Waals surface area contributed by atoms with Crippen LogP contribution in [0.4, 0.5) is 0 Å². The van der Waals surface area contributed by atoms with Crippen LogP contribution in [0.5, 0.6) is 0 Å². The molecule has 1 atom stereocenters. The van der Waals surface area contributed by atoms with E-state index in [-0.39, 0.29) is 17.6 Å². The number of hydrogen-bond donors (Lipinski definition) is 3. The molecular weight excluding hydrogens is 266 g/mol. The Morgan fingerprint density at radius 1 is 1.58 bits per heavy atom. The third-order valence-corrected chi connectivity index (χ3v) is 3.88. The van der Waals surface area contributed by atoms with E-state index < -0.39 is 5.97 Å². The minimum atomic E-state index is -1.05. The molecule has 0 radical (unpaired) electrons. The van der Waals surface area contributed by atoms with Crippen molar-refractivity contribution >= 4 is 23.2 Å². The molecule has 1 amide bonds. The Bertz CT molecular complexity index is 471. The molecule has 19 heavy (non-hydrogen) atoms. The number of carbonyl (C=O) groups excluding carboxylic acids is 1. The second kappa shape index (κ2) is 6.12. The maximum absolute atomic E-state index is 11.7.